The van der Waals surface area contributed by atoms with Crippen molar-refractivity contribution in [2.45, 2.75) is 110 Å². The third kappa shape index (κ3) is 3.54. The number of ether oxygens (including phenoxy) is 2. The Bertz CT molecular complexity index is 996. The van der Waals surface area contributed by atoms with Crippen molar-refractivity contribution >= 4 is 11.6 Å². The fourth-order valence-electron chi connectivity index (χ4n) is 7.87. The molecule has 0 spiro atoms. The van der Waals surface area contributed by atoms with Crippen LogP contribution in [0, 0.1) is 28.6 Å². The zero-order chi connectivity index (χ0) is 27.0. The second-order valence-electron chi connectivity index (χ2n) is 12.4. The van der Waals surface area contributed by atoms with Crippen LogP contribution in [-0.2, 0) is 19.1 Å². The minimum Gasteiger partial charge on any atom is -0.390 e. The number of hydrogen-bond acceptors (Lipinski definition) is 6. The van der Waals surface area contributed by atoms with Gasteiger partial charge in [-0.2, -0.15) is 0 Å². The first-order valence-electron chi connectivity index (χ1n) is 13.1. The third-order valence-corrected chi connectivity index (χ3v) is 9.62. The molecule has 2 fully saturated rings. The highest BCUT2D eigenvalue weighted by molar-refractivity contribution is 5.94. The number of carbonyl (C=O) groups is 2. The molecule has 8 atom stereocenters. The SMILES string of the molecule is CC(C)OC(OC(C)C)C(=O)[C@@]1(O)[C@H](C)C[C@H]2[C@@H]3CC(F)=C4CC(=O)C=C[C@]4(C)[C@@]3(F)[C@@H](O)C[C@@]21C. The van der Waals surface area contributed by atoms with Crippen molar-refractivity contribution in [1.82, 2.24) is 0 Å². The number of ketones is 2. The van der Waals surface area contributed by atoms with Crippen molar-refractivity contribution in [2.24, 2.45) is 28.6 Å². The first kappa shape index (κ1) is 27.6. The Kier molecular flexibility index (Phi) is 6.72. The van der Waals surface area contributed by atoms with Gasteiger partial charge in [0.25, 0.3) is 0 Å². The number of halogens is 2. The van der Waals surface area contributed by atoms with Crippen LogP contribution in [0.15, 0.2) is 23.6 Å². The van der Waals surface area contributed by atoms with Crippen LogP contribution in [0.25, 0.3) is 0 Å². The molecule has 4 aliphatic rings. The fourth-order valence-corrected chi connectivity index (χ4v) is 7.87. The molecule has 0 unspecified atom stereocenters. The summed E-state index contributed by atoms with van der Waals surface area (Å²) in [6.45, 7) is 12.0. The molecule has 202 valence electrons. The van der Waals surface area contributed by atoms with Crippen LogP contribution >= 0.6 is 0 Å². The Morgan fingerprint density at radius 2 is 1.72 bits per heavy atom. The summed E-state index contributed by atoms with van der Waals surface area (Å²) in [6, 6.07) is 0. The molecule has 2 saturated carbocycles. The number of aliphatic hydroxyl groups is 2. The highest BCUT2D eigenvalue weighted by Gasteiger charge is 2.76. The summed E-state index contributed by atoms with van der Waals surface area (Å²) >= 11 is 0. The molecule has 0 aromatic carbocycles. The molecule has 0 saturated heterocycles. The number of Topliss-reactive ketones (excluding diaryl/α,β-unsaturated/α-hetero) is 1. The van der Waals surface area contributed by atoms with Gasteiger partial charge in [-0.1, -0.05) is 19.9 Å². The van der Waals surface area contributed by atoms with Crippen molar-refractivity contribution in [3.63, 3.8) is 0 Å². The molecule has 6 nitrogen and oxygen atoms in total. The van der Waals surface area contributed by atoms with E-state index in [1.807, 2.05) is 0 Å². The van der Waals surface area contributed by atoms with Gasteiger partial charge in [0.05, 0.1) is 18.3 Å². The normalized spacial score (nSPS) is 44.3. The molecule has 0 amide bonds. The number of aliphatic hydroxyl groups excluding tert-OH is 1. The lowest BCUT2D eigenvalue weighted by Gasteiger charge is -2.62. The second kappa shape index (κ2) is 8.79. The number of allylic oxidation sites excluding steroid dienone is 4. The molecule has 0 aliphatic heterocycles. The van der Waals surface area contributed by atoms with Crippen LogP contribution in [0.5, 0.6) is 0 Å². The van der Waals surface area contributed by atoms with E-state index in [9.17, 15) is 19.8 Å². The molecule has 0 bridgehead atoms. The standard InChI is InChI=1S/C28H40F2O6/c1-14(2)35-24(36-15(3)4)23(33)28(34)16(5)10-18-19-12-21(29)20-11-17(31)8-9-25(20,6)27(19,30)22(32)13-26(18,28)7/h8-9,14-16,18-19,22,24,32,34H,10-13H2,1-7H3/t16-,18+,19+,22+,25+,26+,27+,28+/m1/s1. The second-order valence-corrected chi connectivity index (χ2v) is 12.4. The van der Waals surface area contributed by atoms with Gasteiger partial charge in [0.15, 0.2) is 11.5 Å². The van der Waals surface area contributed by atoms with Gasteiger partial charge in [-0.3, -0.25) is 9.59 Å². The lowest BCUT2D eigenvalue weighted by atomic mass is 9.45. The lowest BCUT2D eigenvalue weighted by molar-refractivity contribution is -0.235. The molecule has 0 aromatic heterocycles. The van der Waals surface area contributed by atoms with E-state index in [0.29, 0.717) is 0 Å². The highest BCUT2D eigenvalue weighted by Crippen LogP contribution is 2.71. The maximum Gasteiger partial charge on any atom is 0.221 e. The summed E-state index contributed by atoms with van der Waals surface area (Å²) in [4.78, 5) is 26.0. The minimum absolute atomic E-state index is 0.0875. The van der Waals surface area contributed by atoms with E-state index in [1.165, 1.54) is 12.2 Å². The molecule has 36 heavy (non-hydrogen) atoms. The van der Waals surface area contributed by atoms with Gasteiger partial charge in [0.2, 0.25) is 12.1 Å². The van der Waals surface area contributed by atoms with E-state index >= 15 is 8.78 Å². The monoisotopic (exact) mass is 510 g/mol. The molecule has 2 N–H and O–H groups in total. The topological polar surface area (TPSA) is 93.1 Å². The van der Waals surface area contributed by atoms with E-state index < -0.39 is 63.9 Å². The predicted octanol–water partition coefficient (Wildman–Crippen LogP) is 4.38. The number of rotatable bonds is 6. The van der Waals surface area contributed by atoms with Crippen LogP contribution in [0.1, 0.15) is 74.1 Å². The Hall–Kier alpha value is -1.48. The molecule has 4 aliphatic carbocycles. The van der Waals surface area contributed by atoms with E-state index in [2.05, 4.69) is 0 Å². The van der Waals surface area contributed by atoms with Gasteiger partial charge >= 0.3 is 0 Å². The highest BCUT2D eigenvalue weighted by atomic mass is 19.1. The smallest absolute Gasteiger partial charge is 0.221 e. The molecule has 8 heteroatoms. The summed E-state index contributed by atoms with van der Waals surface area (Å²) in [6.07, 6.45) is -1.38. The van der Waals surface area contributed by atoms with Gasteiger partial charge in [-0.25, -0.2) is 8.78 Å². The van der Waals surface area contributed by atoms with Crippen LogP contribution in [0.4, 0.5) is 8.78 Å². The summed E-state index contributed by atoms with van der Waals surface area (Å²) in [5, 5.41) is 23.6. The average Bonchev–Trinajstić information content (AvgIpc) is 2.97. The molecule has 0 aromatic rings. The number of hydrogen-bond donors (Lipinski definition) is 2. The maximum absolute atomic E-state index is 17.3. The van der Waals surface area contributed by atoms with Gasteiger partial charge in [-0.05, 0) is 70.9 Å². The zero-order valence-electron chi connectivity index (χ0n) is 22.3. The zero-order valence-corrected chi connectivity index (χ0v) is 22.3. The molecule has 0 heterocycles. The van der Waals surface area contributed by atoms with Crippen LogP contribution in [0.2, 0.25) is 0 Å². The van der Waals surface area contributed by atoms with Gasteiger partial charge in [0, 0.05) is 29.6 Å². The Morgan fingerprint density at radius 1 is 1.14 bits per heavy atom. The Morgan fingerprint density at radius 3 is 2.28 bits per heavy atom. The number of alkyl halides is 1. The van der Waals surface area contributed by atoms with Crippen molar-refractivity contribution in [2.75, 3.05) is 0 Å². The van der Waals surface area contributed by atoms with Gasteiger partial charge in [0.1, 0.15) is 11.4 Å². The minimum atomic E-state index is -2.25. The first-order chi connectivity index (χ1) is 16.5. The molecular formula is C28H40F2O6. The lowest BCUT2D eigenvalue weighted by Crippen LogP contribution is -2.70. The van der Waals surface area contributed by atoms with E-state index in [-0.39, 0.29) is 49.2 Å². The summed E-state index contributed by atoms with van der Waals surface area (Å²) in [5.41, 5.74) is -6.88. The molecular weight excluding hydrogens is 470 g/mol. The fraction of sp³-hybridized carbons (Fsp3) is 0.786. The van der Waals surface area contributed by atoms with E-state index in [0.717, 1.165) is 0 Å². The predicted molar refractivity (Wildman–Crippen MR) is 129 cm³/mol. The van der Waals surface area contributed by atoms with Crippen molar-refractivity contribution in [3.05, 3.63) is 23.6 Å². The first-order valence-corrected chi connectivity index (χ1v) is 13.1. The average molecular weight is 511 g/mol. The number of fused-ring (bicyclic) bond motifs is 5. The Labute approximate surface area is 212 Å². The van der Waals surface area contributed by atoms with Gasteiger partial charge < -0.3 is 19.7 Å². The molecule has 0 radical (unpaired) electrons. The van der Waals surface area contributed by atoms with Crippen molar-refractivity contribution in [1.29, 1.82) is 0 Å². The quantitative estimate of drug-likeness (QED) is 0.516. The summed E-state index contributed by atoms with van der Waals surface area (Å²) < 4.78 is 44.3. The van der Waals surface area contributed by atoms with Crippen LogP contribution in [-0.4, -0.2) is 57.7 Å². The van der Waals surface area contributed by atoms with Gasteiger partial charge in [-0.15, -0.1) is 0 Å². The van der Waals surface area contributed by atoms with Crippen LogP contribution < -0.4 is 0 Å². The van der Waals surface area contributed by atoms with E-state index in [1.54, 1.807) is 48.5 Å². The largest absolute Gasteiger partial charge is 0.390 e. The Balaban J connectivity index is 1.80. The summed E-state index contributed by atoms with van der Waals surface area (Å²) in [5.74, 6) is -3.67. The van der Waals surface area contributed by atoms with Crippen molar-refractivity contribution < 1.29 is 38.1 Å². The van der Waals surface area contributed by atoms with Crippen molar-refractivity contribution in [3.8, 4) is 0 Å². The van der Waals surface area contributed by atoms with E-state index in [4.69, 9.17) is 9.47 Å². The maximum atomic E-state index is 17.3. The van der Waals surface area contributed by atoms with Crippen LogP contribution in [0.3, 0.4) is 0 Å². The third-order valence-electron chi connectivity index (χ3n) is 9.62. The summed E-state index contributed by atoms with van der Waals surface area (Å²) in [7, 11) is 0. The number of carbonyl (C=O) groups excluding carboxylic acids is 2. The molecule has 4 rings (SSSR count).